The summed E-state index contributed by atoms with van der Waals surface area (Å²) in [6.07, 6.45) is 0.700. The molecule has 4 heteroatoms. The van der Waals surface area contributed by atoms with Crippen LogP contribution in [0.3, 0.4) is 0 Å². The van der Waals surface area contributed by atoms with E-state index in [1.54, 1.807) is 6.07 Å². The fourth-order valence-corrected chi connectivity index (χ4v) is 2.36. The highest BCUT2D eigenvalue weighted by atomic mass is 15.1. The average Bonchev–Trinajstić information content (AvgIpc) is 2.85. The predicted octanol–water partition coefficient (Wildman–Crippen LogP) is 2.40. The van der Waals surface area contributed by atoms with Gasteiger partial charge in [-0.05, 0) is 36.9 Å². The Morgan fingerprint density at radius 3 is 2.65 bits per heavy atom. The zero-order valence-corrected chi connectivity index (χ0v) is 11.0. The number of hydrogen-bond acceptors (Lipinski definition) is 3. The Bertz CT molecular complexity index is 781. The number of nitrogens with two attached hydrogens (primary N) is 1. The van der Waals surface area contributed by atoms with Gasteiger partial charge in [0, 0.05) is 12.1 Å². The van der Waals surface area contributed by atoms with Crippen LogP contribution in [0.25, 0.3) is 16.7 Å². The number of fused-ring (bicyclic) bond motifs is 1. The molecule has 0 amide bonds. The van der Waals surface area contributed by atoms with E-state index in [1.165, 1.54) is 0 Å². The highest BCUT2D eigenvalue weighted by Crippen LogP contribution is 2.22. The lowest BCUT2D eigenvalue weighted by molar-refractivity contribution is 0.848. The molecule has 20 heavy (non-hydrogen) atoms. The van der Waals surface area contributed by atoms with Crippen molar-refractivity contribution in [3.05, 3.63) is 59.9 Å². The van der Waals surface area contributed by atoms with E-state index in [0.29, 0.717) is 18.5 Å². The highest BCUT2D eigenvalue weighted by molar-refractivity contribution is 5.80. The molecule has 98 valence electrons. The molecular formula is C16H14N4. The molecule has 2 aromatic carbocycles. The van der Waals surface area contributed by atoms with E-state index in [9.17, 15) is 0 Å². The summed E-state index contributed by atoms with van der Waals surface area (Å²) >= 11 is 0. The van der Waals surface area contributed by atoms with Gasteiger partial charge >= 0.3 is 0 Å². The second-order valence-corrected chi connectivity index (χ2v) is 4.55. The lowest BCUT2D eigenvalue weighted by atomic mass is 10.2. The van der Waals surface area contributed by atoms with Crippen LogP contribution in [-0.4, -0.2) is 16.1 Å². The lowest BCUT2D eigenvalue weighted by Gasteiger charge is -2.08. The zero-order chi connectivity index (χ0) is 13.9. The Kier molecular flexibility index (Phi) is 3.20. The van der Waals surface area contributed by atoms with Crippen LogP contribution in [0.15, 0.2) is 48.5 Å². The fraction of sp³-hybridized carbons (Fsp3) is 0.125. The van der Waals surface area contributed by atoms with Crippen LogP contribution in [0, 0.1) is 11.3 Å². The maximum Gasteiger partial charge on any atom is 0.115 e. The van der Waals surface area contributed by atoms with Gasteiger partial charge in [0.05, 0.1) is 22.7 Å². The monoisotopic (exact) mass is 262 g/mol. The fourth-order valence-electron chi connectivity index (χ4n) is 2.36. The number of benzene rings is 2. The summed E-state index contributed by atoms with van der Waals surface area (Å²) in [5.74, 6) is 0.920. The van der Waals surface area contributed by atoms with Gasteiger partial charge in [-0.15, -0.1) is 0 Å². The number of imidazole rings is 1. The summed E-state index contributed by atoms with van der Waals surface area (Å²) in [7, 11) is 0. The largest absolute Gasteiger partial charge is 0.330 e. The third-order valence-corrected chi connectivity index (χ3v) is 3.24. The van der Waals surface area contributed by atoms with Gasteiger partial charge in [0.15, 0.2) is 0 Å². The van der Waals surface area contributed by atoms with E-state index >= 15 is 0 Å². The molecule has 1 heterocycles. The zero-order valence-electron chi connectivity index (χ0n) is 11.0. The SMILES string of the molecule is N#Cc1ccc2nc(CCN)n(-c3ccccc3)c2c1. The number of aromatic nitrogens is 2. The summed E-state index contributed by atoms with van der Waals surface area (Å²) in [5.41, 5.74) is 9.18. The van der Waals surface area contributed by atoms with Gasteiger partial charge in [-0.25, -0.2) is 4.98 Å². The van der Waals surface area contributed by atoms with Crippen molar-refractivity contribution in [3.63, 3.8) is 0 Å². The van der Waals surface area contributed by atoms with Crippen molar-refractivity contribution in [2.45, 2.75) is 6.42 Å². The summed E-state index contributed by atoms with van der Waals surface area (Å²) in [4.78, 5) is 4.63. The molecule has 1 aromatic heterocycles. The molecule has 4 nitrogen and oxygen atoms in total. The molecule has 2 N–H and O–H groups in total. The third-order valence-electron chi connectivity index (χ3n) is 3.24. The Balaban J connectivity index is 2.31. The van der Waals surface area contributed by atoms with E-state index in [2.05, 4.69) is 15.6 Å². The molecule has 0 unspecified atom stereocenters. The number of nitriles is 1. The van der Waals surface area contributed by atoms with E-state index in [0.717, 1.165) is 22.5 Å². The standard InChI is InChI=1S/C16H14N4/c17-9-8-16-19-14-7-6-12(11-18)10-15(14)20(16)13-4-2-1-3-5-13/h1-7,10H,8-9,17H2. The van der Waals surface area contributed by atoms with Gasteiger partial charge in [0.1, 0.15) is 5.82 Å². The molecule has 0 fully saturated rings. The van der Waals surface area contributed by atoms with Crippen LogP contribution in [0.5, 0.6) is 0 Å². The smallest absolute Gasteiger partial charge is 0.115 e. The van der Waals surface area contributed by atoms with Crippen molar-refractivity contribution in [1.82, 2.24) is 9.55 Å². The topological polar surface area (TPSA) is 67.6 Å². The number of rotatable bonds is 3. The van der Waals surface area contributed by atoms with Gasteiger partial charge in [-0.1, -0.05) is 18.2 Å². The maximum absolute atomic E-state index is 9.07. The van der Waals surface area contributed by atoms with Crippen molar-refractivity contribution < 1.29 is 0 Å². The minimum absolute atomic E-state index is 0.543. The predicted molar refractivity (Wildman–Crippen MR) is 78.5 cm³/mol. The molecule has 0 aliphatic rings. The van der Waals surface area contributed by atoms with Crippen molar-refractivity contribution in [1.29, 1.82) is 5.26 Å². The summed E-state index contributed by atoms with van der Waals surface area (Å²) in [5, 5.41) is 9.07. The Labute approximate surface area is 117 Å². The van der Waals surface area contributed by atoms with E-state index in [4.69, 9.17) is 11.0 Å². The first-order valence-electron chi connectivity index (χ1n) is 6.50. The van der Waals surface area contributed by atoms with Gasteiger partial charge in [-0.2, -0.15) is 5.26 Å². The Morgan fingerprint density at radius 1 is 1.15 bits per heavy atom. The third kappa shape index (κ3) is 2.04. The first-order valence-corrected chi connectivity index (χ1v) is 6.50. The first-order chi connectivity index (χ1) is 9.83. The second kappa shape index (κ2) is 5.16. The quantitative estimate of drug-likeness (QED) is 0.788. The van der Waals surface area contributed by atoms with Crippen molar-refractivity contribution in [2.75, 3.05) is 6.54 Å². The lowest BCUT2D eigenvalue weighted by Crippen LogP contribution is -2.08. The van der Waals surface area contributed by atoms with Crippen LogP contribution >= 0.6 is 0 Å². The number of hydrogen-bond donors (Lipinski definition) is 1. The van der Waals surface area contributed by atoms with Crippen LogP contribution in [0.4, 0.5) is 0 Å². The molecule has 0 spiro atoms. The maximum atomic E-state index is 9.07. The molecule has 0 atom stereocenters. The number of nitrogens with zero attached hydrogens (tertiary/aromatic N) is 3. The van der Waals surface area contributed by atoms with Gasteiger partial charge < -0.3 is 5.73 Å². The molecule has 0 radical (unpaired) electrons. The Hall–Kier alpha value is -2.64. The van der Waals surface area contributed by atoms with Crippen LogP contribution in [0.1, 0.15) is 11.4 Å². The summed E-state index contributed by atoms with van der Waals surface area (Å²) in [6, 6.07) is 17.7. The van der Waals surface area contributed by atoms with Crippen molar-refractivity contribution in [3.8, 4) is 11.8 Å². The van der Waals surface area contributed by atoms with Gasteiger partial charge in [-0.3, -0.25) is 4.57 Å². The first kappa shape index (κ1) is 12.4. The summed E-state index contributed by atoms with van der Waals surface area (Å²) in [6.45, 7) is 0.543. The molecule has 0 bridgehead atoms. The highest BCUT2D eigenvalue weighted by Gasteiger charge is 2.12. The molecule has 0 saturated heterocycles. The van der Waals surface area contributed by atoms with Gasteiger partial charge in [0.2, 0.25) is 0 Å². The van der Waals surface area contributed by atoms with Crippen LogP contribution in [-0.2, 0) is 6.42 Å². The molecule has 0 aliphatic carbocycles. The van der Waals surface area contributed by atoms with E-state index in [-0.39, 0.29) is 0 Å². The number of para-hydroxylation sites is 1. The minimum Gasteiger partial charge on any atom is -0.330 e. The molecule has 0 aliphatic heterocycles. The van der Waals surface area contributed by atoms with Crippen LogP contribution < -0.4 is 5.73 Å². The molecule has 3 aromatic rings. The summed E-state index contributed by atoms with van der Waals surface area (Å²) < 4.78 is 2.07. The van der Waals surface area contributed by atoms with E-state index < -0.39 is 0 Å². The van der Waals surface area contributed by atoms with E-state index in [1.807, 2.05) is 42.5 Å². The molecule has 3 rings (SSSR count). The minimum atomic E-state index is 0.543. The normalized spacial score (nSPS) is 10.6. The molecular weight excluding hydrogens is 248 g/mol. The molecule has 0 saturated carbocycles. The van der Waals surface area contributed by atoms with Gasteiger partial charge in [0.25, 0.3) is 0 Å². The average molecular weight is 262 g/mol. The van der Waals surface area contributed by atoms with Crippen molar-refractivity contribution in [2.24, 2.45) is 5.73 Å². The second-order valence-electron chi connectivity index (χ2n) is 4.55. The Morgan fingerprint density at radius 2 is 1.95 bits per heavy atom. The van der Waals surface area contributed by atoms with Crippen molar-refractivity contribution >= 4 is 11.0 Å². The van der Waals surface area contributed by atoms with Crippen LogP contribution in [0.2, 0.25) is 0 Å².